The largest absolute Gasteiger partial charge is 0.493 e. The third-order valence-electron chi connectivity index (χ3n) is 2.37. The number of aliphatic hydroxyl groups is 1. The van der Waals surface area contributed by atoms with E-state index < -0.39 is 6.10 Å². The molecule has 0 saturated heterocycles. The zero-order valence-electron chi connectivity index (χ0n) is 9.79. The van der Waals surface area contributed by atoms with Crippen LogP contribution in [0.1, 0.15) is 43.9 Å². The summed E-state index contributed by atoms with van der Waals surface area (Å²) in [7, 11) is 0. The van der Waals surface area contributed by atoms with Gasteiger partial charge in [-0.05, 0) is 32.4 Å². The molecule has 1 unspecified atom stereocenters. The maximum Gasteiger partial charge on any atom is 0.125 e. The maximum atomic E-state index is 9.61. The molecule has 2 nitrogen and oxygen atoms in total. The van der Waals surface area contributed by atoms with Crippen molar-refractivity contribution in [3.63, 3.8) is 0 Å². The lowest BCUT2D eigenvalue weighted by Gasteiger charge is -2.13. The van der Waals surface area contributed by atoms with Gasteiger partial charge in [-0.3, -0.25) is 0 Å². The topological polar surface area (TPSA) is 29.5 Å². The van der Waals surface area contributed by atoms with Crippen LogP contribution in [0.15, 0.2) is 18.2 Å². The second-order valence-corrected chi connectivity index (χ2v) is 3.92. The lowest BCUT2D eigenvalue weighted by molar-refractivity contribution is 0.191. The van der Waals surface area contributed by atoms with Gasteiger partial charge in [0.25, 0.3) is 0 Å². The molecule has 2 heteroatoms. The predicted molar refractivity (Wildman–Crippen MR) is 62.2 cm³/mol. The minimum atomic E-state index is -0.471. The summed E-state index contributed by atoms with van der Waals surface area (Å²) in [5.41, 5.74) is 2.03. The van der Waals surface area contributed by atoms with Crippen molar-refractivity contribution < 1.29 is 9.84 Å². The number of rotatable bonds is 5. The van der Waals surface area contributed by atoms with Gasteiger partial charge >= 0.3 is 0 Å². The first-order valence-electron chi connectivity index (χ1n) is 5.56. The summed E-state index contributed by atoms with van der Waals surface area (Å²) in [5, 5.41) is 9.61. The smallest absolute Gasteiger partial charge is 0.125 e. The Labute approximate surface area is 91.9 Å². The van der Waals surface area contributed by atoms with Crippen LogP contribution in [0.2, 0.25) is 0 Å². The van der Waals surface area contributed by atoms with E-state index in [-0.39, 0.29) is 0 Å². The molecule has 0 saturated carbocycles. The summed E-state index contributed by atoms with van der Waals surface area (Å²) in [6.45, 7) is 6.64. The van der Waals surface area contributed by atoms with E-state index in [2.05, 4.69) is 6.92 Å². The summed E-state index contributed by atoms with van der Waals surface area (Å²) in [6.07, 6.45) is 1.70. The quantitative estimate of drug-likeness (QED) is 0.753. The Morgan fingerprint density at radius 2 is 2.13 bits per heavy atom. The van der Waals surface area contributed by atoms with Crippen molar-refractivity contribution in [1.82, 2.24) is 0 Å². The molecule has 0 bridgehead atoms. The molecule has 1 rings (SSSR count). The summed E-state index contributed by atoms with van der Waals surface area (Å²) in [5.74, 6) is 0.809. The molecule has 1 atom stereocenters. The standard InChI is InChI=1S/C13H20O2/c1-4-5-8-15-13-7-6-10(2)9-12(13)11(3)14/h6-7,9,11,14H,4-5,8H2,1-3H3. The molecule has 0 aliphatic carbocycles. The van der Waals surface area contributed by atoms with Crippen LogP contribution < -0.4 is 4.74 Å². The van der Waals surface area contributed by atoms with Gasteiger partial charge in [-0.1, -0.05) is 25.0 Å². The first kappa shape index (κ1) is 12.1. The molecule has 0 aliphatic heterocycles. The van der Waals surface area contributed by atoms with Crippen LogP contribution in [0.5, 0.6) is 5.75 Å². The Balaban J connectivity index is 2.77. The molecule has 0 heterocycles. The zero-order chi connectivity index (χ0) is 11.3. The van der Waals surface area contributed by atoms with E-state index in [0.717, 1.165) is 36.3 Å². The molecule has 84 valence electrons. The molecule has 1 N–H and O–H groups in total. The second-order valence-electron chi connectivity index (χ2n) is 3.92. The van der Waals surface area contributed by atoms with E-state index in [1.54, 1.807) is 6.92 Å². The number of ether oxygens (including phenoxy) is 1. The summed E-state index contributed by atoms with van der Waals surface area (Å²) in [6, 6.07) is 5.92. The number of hydrogen-bond acceptors (Lipinski definition) is 2. The highest BCUT2D eigenvalue weighted by molar-refractivity contribution is 5.38. The van der Waals surface area contributed by atoms with E-state index in [4.69, 9.17) is 4.74 Å². The van der Waals surface area contributed by atoms with Gasteiger partial charge in [0, 0.05) is 5.56 Å². The first-order chi connectivity index (χ1) is 7.15. The van der Waals surface area contributed by atoms with Gasteiger partial charge in [0.15, 0.2) is 0 Å². The molecule has 15 heavy (non-hydrogen) atoms. The molecule has 0 radical (unpaired) electrons. The average Bonchev–Trinajstić information content (AvgIpc) is 2.20. The number of hydrogen-bond donors (Lipinski definition) is 1. The van der Waals surface area contributed by atoms with Crippen molar-refractivity contribution in [3.05, 3.63) is 29.3 Å². The van der Waals surface area contributed by atoms with Crippen LogP contribution in [0.4, 0.5) is 0 Å². The summed E-state index contributed by atoms with van der Waals surface area (Å²) >= 11 is 0. The van der Waals surface area contributed by atoms with Crippen molar-refractivity contribution in [2.75, 3.05) is 6.61 Å². The Morgan fingerprint density at radius 3 is 2.73 bits per heavy atom. The highest BCUT2D eigenvalue weighted by atomic mass is 16.5. The molecule has 1 aromatic rings. The van der Waals surface area contributed by atoms with E-state index >= 15 is 0 Å². The van der Waals surface area contributed by atoms with Crippen molar-refractivity contribution in [3.8, 4) is 5.75 Å². The Kier molecular flexibility index (Phi) is 4.63. The number of benzene rings is 1. The second kappa shape index (κ2) is 5.76. The van der Waals surface area contributed by atoms with E-state index in [1.165, 1.54) is 0 Å². The highest BCUT2D eigenvalue weighted by Crippen LogP contribution is 2.26. The fourth-order valence-electron chi connectivity index (χ4n) is 1.45. The van der Waals surface area contributed by atoms with Crippen molar-refractivity contribution in [2.24, 2.45) is 0 Å². The third-order valence-corrected chi connectivity index (χ3v) is 2.37. The fourth-order valence-corrected chi connectivity index (χ4v) is 1.45. The van der Waals surface area contributed by atoms with Gasteiger partial charge in [0.2, 0.25) is 0 Å². The molecule has 0 spiro atoms. The molecule has 1 aromatic carbocycles. The fraction of sp³-hybridized carbons (Fsp3) is 0.538. The van der Waals surface area contributed by atoms with Crippen LogP contribution in [0.25, 0.3) is 0 Å². The molecule has 0 amide bonds. The summed E-state index contributed by atoms with van der Waals surface area (Å²) < 4.78 is 5.63. The molecule has 0 aliphatic rings. The lowest BCUT2D eigenvalue weighted by atomic mass is 10.1. The minimum Gasteiger partial charge on any atom is -0.493 e. The lowest BCUT2D eigenvalue weighted by Crippen LogP contribution is -2.02. The monoisotopic (exact) mass is 208 g/mol. The van der Waals surface area contributed by atoms with Crippen molar-refractivity contribution in [2.45, 2.75) is 39.7 Å². The number of aryl methyl sites for hydroxylation is 1. The molecule has 0 fully saturated rings. The van der Waals surface area contributed by atoms with Gasteiger partial charge in [-0.15, -0.1) is 0 Å². The van der Waals surface area contributed by atoms with E-state index in [0.29, 0.717) is 0 Å². The normalized spacial score (nSPS) is 12.5. The third kappa shape index (κ3) is 3.56. The number of aliphatic hydroxyl groups excluding tert-OH is 1. The van der Waals surface area contributed by atoms with E-state index in [9.17, 15) is 5.11 Å². The zero-order valence-corrected chi connectivity index (χ0v) is 9.79. The van der Waals surface area contributed by atoms with Crippen LogP contribution in [0.3, 0.4) is 0 Å². The van der Waals surface area contributed by atoms with Crippen LogP contribution in [-0.2, 0) is 0 Å². The maximum absolute atomic E-state index is 9.61. The SMILES string of the molecule is CCCCOc1ccc(C)cc1C(C)O. The van der Waals surface area contributed by atoms with Crippen LogP contribution in [-0.4, -0.2) is 11.7 Å². The van der Waals surface area contributed by atoms with Gasteiger partial charge in [-0.25, -0.2) is 0 Å². The molecular weight excluding hydrogens is 188 g/mol. The predicted octanol–water partition coefficient (Wildman–Crippen LogP) is 3.23. The van der Waals surface area contributed by atoms with Gasteiger partial charge in [-0.2, -0.15) is 0 Å². The first-order valence-corrected chi connectivity index (χ1v) is 5.56. The average molecular weight is 208 g/mol. The molecular formula is C13H20O2. The number of unbranched alkanes of at least 4 members (excludes halogenated alkanes) is 1. The van der Waals surface area contributed by atoms with Gasteiger partial charge in [0.1, 0.15) is 5.75 Å². The molecule has 0 aromatic heterocycles. The highest BCUT2D eigenvalue weighted by Gasteiger charge is 2.08. The van der Waals surface area contributed by atoms with Gasteiger partial charge in [0.05, 0.1) is 12.7 Å². The Hall–Kier alpha value is -1.02. The summed E-state index contributed by atoms with van der Waals surface area (Å²) in [4.78, 5) is 0. The minimum absolute atomic E-state index is 0.471. The van der Waals surface area contributed by atoms with Crippen molar-refractivity contribution >= 4 is 0 Å². The van der Waals surface area contributed by atoms with Crippen molar-refractivity contribution in [1.29, 1.82) is 0 Å². The Morgan fingerprint density at radius 1 is 1.40 bits per heavy atom. The van der Waals surface area contributed by atoms with E-state index in [1.807, 2.05) is 25.1 Å². The van der Waals surface area contributed by atoms with Gasteiger partial charge < -0.3 is 9.84 Å². The van der Waals surface area contributed by atoms with Crippen LogP contribution >= 0.6 is 0 Å². The van der Waals surface area contributed by atoms with Crippen LogP contribution in [0, 0.1) is 6.92 Å². The Bertz CT molecular complexity index is 305.